The smallest absolute Gasteiger partial charge is 0.248 e. The van der Waals surface area contributed by atoms with Crippen LogP contribution in [0.15, 0.2) is 54.1 Å². The predicted molar refractivity (Wildman–Crippen MR) is 153 cm³/mol. The minimum atomic E-state index is -0.00416. The van der Waals surface area contributed by atoms with Gasteiger partial charge in [0.15, 0.2) is 5.82 Å². The van der Waals surface area contributed by atoms with Gasteiger partial charge in [0.05, 0.1) is 11.4 Å². The number of hydrogen-bond acceptors (Lipinski definition) is 8. The molecule has 1 saturated heterocycles. The first-order valence-electron chi connectivity index (χ1n) is 13.8. The molecule has 9 heteroatoms. The third-order valence-corrected chi connectivity index (χ3v) is 8.56. The Bertz CT molecular complexity index is 1410. The van der Waals surface area contributed by atoms with E-state index < -0.39 is 0 Å². The van der Waals surface area contributed by atoms with Gasteiger partial charge >= 0.3 is 0 Å². The van der Waals surface area contributed by atoms with Gasteiger partial charge in [0, 0.05) is 49.5 Å². The highest BCUT2D eigenvalue weighted by Gasteiger charge is 2.38. The second-order valence-electron chi connectivity index (χ2n) is 11.0. The number of fused-ring (bicyclic) bond motifs is 3. The molecule has 3 aromatic rings. The SMILES string of the molecule is CN1CCN(c2ccc(Nc3nc(N)n(-c4cc(C56C=CC(=CC5)CC6)c5c(n4)CCCN5)n3)cc2)CC1. The van der Waals surface area contributed by atoms with Crippen LogP contribution >= 0.6 is 0 Å². The van der Waals surface area contributed by atoms with Crippen LogP contribution in [0.4, 0.5) is 29.0 Å². The fourth-order valence-corrected chi connectivity index (χ4v) is 6.22. The summed E-state index contributed by atoms with van der Waals surface area (Å²) < 4.78 is 1.67. The van der Waals surface area contributed by atoms with Crippen molar-refractivity contribution in [2.45, 2.75) is 37.5 Å². The molecule has 8 rings (SSSR count). The summed E-state index contributed by atoms with van der Waals surface area (Å²) in [6.45, 7) is 5.25. The highest BCUT2D eigenvalue weighted by Crippen LogP contribution is 2.48. The third kappa shape index (κ3) is 4.11. The van der Waals surface area contributed by atoms with E-state index in [1.54, 1.807) is 4.68 Å². The van der Waals surface area contributed by atoms with Gasteiger partial charge in [-0.3, -0.25) is 0 Å². The van der Waals surface area contributed by atoms with Gasteiger partial charge in [-0.25, -0.2) is 4.98 Å². The van der Waals surface area contributed by atoms with Gasteiger partial charge in [0.25, 0.3) is 0 Å². The van der Waals surface area contributed by atoms with E-state index in [0.717, 1.165) is 82.0 Å². The monoisotopic (exact) mass is 509 g/mol. The lowest BCUT2D eigenvalue weighted by Crippen LogP contribution is -2.44. The molecule has 2 aromatic heterocycles. The van der Waals surface area contributed by atoms with Gasteiger partial charge in [-0.05, 0) is 75.0 Å². The van der Waals surface area contributed by atoms with Crippen molar-refractivity contribution in [2.24, 2.45) is 0 Å². The van der Waals surface area contributed by atoms with E-state index in [-0.39, 0.29) is 5.41 Å². The van der Waals surface area contributed by atoms with Crippen LogP contribution in [0.2, 0.25) is 0 Å². The van der Waals surface area contributed by atoms with Crippen molar-refractivity contribution in [3.63, 3.8) is 0 Å². The Hall–Kier alpha value is -3.85. The number of aromatic nitrogens is 4. The largest absolute Gasteiger partial charge is 0.383 e. The minimum absolute atomic E-state index is 0.00416. The molecule has 1 atom stereocenters. The average molecular weight is 510 g/mol. The van der Waals surface area contributed by atoms with Crippen molar-refractivity contribution in [3.05, 3.63) is 65.4 Å². The van der Waals surface area contributed by atoms with Gasteiger partial charge in [-0.2, -0.15) is 9.67 Å². The number of hydrogen-bond donors (Lipinski definition) is 3. The van der Waals surface area contributed by atoms with E-state index in [9.17, 15) is 0 Å². The summed E-state index contributed by atoms with van der Waals surface area (Å²) in [5, 5.41) is 11.7. The molecule has 0 spiro atoms. The van der Waals surface area contributed by atoms with Gasteiger partial charge in [0.1, 0.15) is 0 Å². The van der Waals surface area contributed by atoms with Crippen molar-refractivity contribution < 1.29 is 0 Å². The zero-order valence-electron chi connectivity index (χ0n) is 22.0. The summed E-state index contributed by atoms with van der Waals surface area (Å²) in [4.78, 5) is 14.3. The normalized spacial score (nSPS) is 22.7. The Kier molecular flexibility index (Phi) is 5.61. The number of nitrogens with zero attached hydrogens (tertiary/aromatic N) is 6. The highest BCUT2D eigenvalue weighted by molar-refractivity contribution is 5.65. The quantitative estimate of drug-likeness (QED) is 0.474. The number of benzene rings is 1. The van der Waals surface area contributed by atoms with Crippen molar-refractivity contribution in [2.75, 3.05) is 61.0 Å². The lowest BCUT2D eigenvalue weighted by atomic mass is 9.65. The maximum Gasteiger partial charge on any atom is 0.248 e. The van der Waals surface area contributed by atoms with Gasteiger partial charge in [-0.15, -0.1) is 5.10 Å². The molecule has 2 aliphatic heterocycles. The molecule has 0 saturated carbocycles. The zero-order valence-corrected chi connectivity index (χ0v) is 22.0. The zero-order chi connectivity index (χ0) is 25.7. The van der Waals surface area contributed by atoms with E-state index >= 15 is 0 Å². The van der Waals surface area contributed by atoms with Crippen LogP contribution in [0, 0.1) is 0 Å². The van der Waals surface area contributed by atoms with Gasteiger partial charge < -0.3 is 26.2 Å². The van der Waals surface area contributed by atoms with Crippen LogP contribution in [0.5, 0.6) is 0 Å². The Morgan fingerprint density at radius 3 is 2.63 bits per heavy atom. The Balaban J connectivity index is 1.17. The lowest BCUT2D eigenvalue weighted by Gasteiger charge is -2.40. The van der Waals surface area contributed by atoms with Crippen LogP contribution < -0.4 is 21.3 Å². The number of nitrogens with two attached hydrogens (primary N) is 1. The molecular weight excluding hydrogens is 474 g/mol. The van der Waals surface area contributed by atoms with E-state index in [1.165, 1.54) is 22.5 Å². The first-order chi connectivity index (χ1) is 18.6. The van der Waals surface area contributed by atoms with Crippen LogP contribution in [0.1, 0.15) is 36.9 Å². The number of rotatable bonds is 5. The number of likely N-dealkylation sites (N-methyl/N-ethyl adjacent to an activating group) is 1. The number of allylic oxidation sites excluding steroid dienone is 4. The van der Waals surface area contributed by atoms with Crippen LogP contribution in [-0.4, -0.2) is 64.4 Å². The highest BCUT2D eigenvalue weighted by atomic mass is 15.4. The standard InChI is InChI=1S/C29H35N9/c1-36-15-17-37(18-16-36)22-6-4-21(5-7-22)32-28-34-27(30)38(35-28)25-19-23(26-24(33-25)3-2-14-31-26)29-11-8-20(9-12-29)10-13-29/h4-9,11,19,31H,2-3,10,12-18H2,1H3,(H3,30,32,34,35). The average Bonchev–Trinajstić information content (AvgIpc) is 3.34. The van der Waals surface area contributed by atoms with Crippen molar-refractivity contribution in [1.82, 2.24) is 24.6 Å². The molecule has 4 N–H and O–H groups in total. The van der Waals surface area contributed by atoms with E-state index in [0.29, 0.717) is 11.9 Å². The fourth-order valence-electron chi connectivity index (χ4n) is 6.22. The molecule has 2 bridgehead atoms. The maximum absolute atomic E-state index is 6.40. The second kappa shape index (κ2) is 9.16. The number of nitrogen functional groups attached to an aromatic ring is 1. The number of piperazine rings is 1. The number of aryl methyl sites for hydroxylation is 1. The van der Waals surface area contributed by atoms with Crippen molar-refractivity contribution >= 4 is 29.0 Å². The minimum Gasteiger partial charge on any atom is -0.383 e. The Labute approximate surface area is 223 Å². The van der Waals surface area contributed by atoms with E-state index in [4.69, 9.17) is 15.8 Å². The van der Waals surface area contributed by atoms with Crippen LogP contribution in [0.25, 0.3) is 5.82 Å². The number of pyridine rings is 1. The number of nitrogens with one attached hydrogen (secondary N) is 2. The fraction of sp³-hybridized carbons (Fsp3) is 0.414. The van der Waals surface area contributed by atoms with Crippen molar-refractivity contribution in [3.8, 4) is 5.82 Å². The first-order valence-corrected chi connectivity index (χ1v) is 13.8. The topological polar surface area (TPSA) is 100 Å². The third-order valence-electron chi connectivity index (χ3n) is 8.56. The second-order valence-corrected chi connectivity index (χ2v) is 11.0. The molecular formula is C29H35N9. The van der Waals surface area contributed by atoms with Crippen LogP contribution in [0.3, 0.4) is 0 Å². The summed E-state index contributed by atoms with van der Waals surface area (Å²) in [5.74, 6) is 1.52. The molecule has 38 heavy (non-hydrogen) atoms. The predicted octanol–water partition coefficient (Wildman–Crippen LogP) is 4.02. The molecule has 9 nitrogen and oxygen atoms in total. The summed E-state index contributed by atoms with van der Waals surface area (Å²) in [6, 6.07) is 10.6. The molecule has 0 amide bonds. The van der Waals surface area contributed by atoms with Crippen LogP contribution in [-0.2, 0) is 11.8 Å². The molecule has 1 unspecified atom stereocenters. The molecule has 0 radical (unpaired) electrons. The molecule has 4 heterocycles. The first kappa shape index (κ1) is 23.3. The molecule has 1 fully saturated rings. The maximum atomic E-state index is 6.40. The summed E-state index contributed by atoms with van der Waals surface area (Å²) >= 11 is 0. The lowest BCUT2D eigenvalue weighted by molar-refractivity contribution is 0.313. The Morgan fingerprint density at radius 1 is 1.05 bits per heavy atom. The van der Waals surface area contributed by atoms with Gasteiger partial charge in [0.2, 0.25) is 11.9 Å². The molecule has 3 aliphatic carbocycles. The Morgan fingerprint density at radius 2 is 1.89 bits per heavy atom. The van der Waals surface area contributed by atoms with E-state index in [2.05, 4.69) is 81.0 Å². The van der Waals surface area contributed by atoms with Gasteiger partial charge in [-0.1, -0.05) is 23.8 Å². The number of anilines is 5. The summed E-state index contributed by atoms with van der Waals surface area (Å²) in [6.07, 6.45) is 12.4. The summed E-state index contributed by atoms with van der Waals surface area (Å²) in [5.41, 5.74) is 13.6. The summed E-state index contributed by atoms with van der Waals surface area (Å²) in [7, 11) is 2.17. The van der Waals surface area contributed by atoms with Crippen molar-refractivity contribution in [1.29, 1.82) is 0 Å². The molecule has 1 aromatic carbocycles. The van der Waals surface area contributed by atoms with E-state index in [1.807, 2.05) is 0 Å². The molecule has 196 valence electrons. The molecule has 5 aliphatic rings.